The van der Waals surface area contributed by atoms with E-state index in [0.29, 0.717) is 6.42 Å². The van der Waals surface area contributed by atoms with Gasteiger partial charge in [0, 0.05) is 23.5 Å². The number of rotatable bonds is 14. The number of nitrogens with one attached hydrogen (secondary N) is 1. The minimum atomic E-state index is -1.57. The number of thioether (sulfide) groups is 1. The quantitative estimate of drug-likeness (QED) is 0.0838. The lowest BCUT2D eigenvalue weighted by molar-refractivity contribution is -0.482. The summed E-state index contributed by atoms with van der Waals surface area (Å²) in [6, 6.07) is -1.02. The van der Waals surface area contributed by atoms with Gasteiger partial charge in [0.15, 0.2) is 0 Å². The van der Waals surface area contributed by atoms with Gasteiger partial charge in [0.25, 0.3) is 0 Å². The van der Waals surface area contributed by atoms with Crippen LogP contribution >= 0.6 is 11.8 Å². The fourth-order valence-corrected chi connectivity index (χ4v) is 4.38. The molecule has 8 atom stereocenters. The maximum Gasteiger partial charge on any atom is 0.220 e. The van der Waals surface area contributed by atoms with E-state index in [1.807, 2.05) is 6.92 Å². The van der Waals surface area contributed by atoms with Gasteiger partial charge in [-0.3, -0.25) is 14.9 Å². The van der Waals surface area contributed by atoms with Crippen molar-refractivity contribution in [1.82, 2.24) is 5.32 Å². The van der Waals surface area contributed by atoms with Gasteiger partial charge >= 0.3 is 0 Å². The lowest BCUT2D eigenvalue weighted by Crippen LogP contribution is -2.58. The first-order valence-electron chi connectivity index (χ1n) is 10.3. The van der Waals surface area contributed by atoms with E-state index in [1.165, 1.54) is 0 Å². The van der Waals surface area contributed by atoms with Crippen LogP contribution < -0.4 is 5.32 Å². The molecule has 182 valence electrons. The number of unbranched alkanes of at least 4 members (excludes halogenated alkanes) is 2. The molecule has 0 spiro atoms. The first-order chi connectivity index (χ1) is 14.6. The van der Waals surface area contributed by atoms with Gasteiger partial charge in [-0.15, -0.1) is 11.8 Å². The number of ether oxygens (including phenoxy) is 1. The summed E-state index contributed by atoms with van der Waals surface area (Å²) in [4.78, 5) is 22.1. The van der Waals surface area contributed by atoms with Gasteiger partial charge in [-0.1, -0.05) is 19.8 Å². The molecule has 0 aromatic carbocycles. The number of nitrogens with zero attached hydrogens (tertiary/aromatic N) is 1. The Bertz CT molecular complexity index is 555. The van der Waals surface area contributed by atoms with Crippen molar-refractivity contribution in [3.05, 3.63) is 10.1 Å². The van der Waals surface area contributed by atoms with Gasteiger partial charge in [-0.05, 0) is 6.42 Å². The fraction of sp³-hybridized carbons (Fsp3) is 0.944. The van der Waals surface area contributed by atoms with Crippen LogP contribution in [-0.4, -0.2) is 108 Å². The van der Waals surface area contributed by atoms with E-state index in [2.05, 4.69) is 5.32 Å². The molecule has 1 heterocycles. The average Bonchev–Trinajstić information content (AvgIpc) is 2.74. The van der Waals surface area contributed by atoms with Crippen LogP contribution in [0.5, 0.6) is 0 Å². The highest BCUT2D eigenvalue weighted by atomic mass is 32.2. The zero-order valence-electron chi connectivity index (χ0n) is 17.4. The molecular weight excluding hydrogens is 436 g/mol. The summed E-state index contributed by atoms with van der Waals surface area (Å²) >= 11 is 0.905. The lowest BCUT2D eigenvalue weighted by atomic mass is 10.0. The number of amides is 1. The summed E-state index contributed by atoms with van der Waals surface area (Å²) in [5, 5.41) is 72.9. The highest BCUT2D eigenvalue weighted by molar-refractivity contribution is 7.99. The predicted octanol–water partition coefficient (Wildman–Crippen LogP) is -2.03. The Morgan fingerprint density at radius 3 is 2.45 bits per heavy atom. The molecule has 1 aliphatic rings. The minimum Gasteiger partial charge on any atom is -0.394 e. The molecule has 12 nitrogen and oxygen atoms in total. The number of aliphatic hydroxyl groups excluding tert-OH is 6. The molecular formula is C18H34N2O10S. The molecule has 1 rings (SSSR count). The molecule has 7 N–H and O–H groups in total. The summed E-state index contributed by atoms with van der Waals surface area (Å²) < 4.78 is 5.39. The van der Waals surface area contributed by atoms with Crippen molar-refractivity contribution in [3.63, 3.8) is 0 Å². The van der Waals surface area contributed by atoms with Gasteiger partial charge in [-0.2, -0.15) is 0 Å². The Morgan fingerprint density at radius 2 is 1.87 bits per heavy atom. The monoisotopic (exact) mass is 470 g/mol. The molecule has 0 aliphatic carbocycles. The maximum atomic E-state index is 12.2. The number of nitro groups is 1. The predicted molar refractivity (Wildman–Crippen MR) is 111 cm³/mol. The molecule has 13 heteroatoms. The first-order valence-corrected chi connectivity index (χ1v) is 11.4. The Hall–Kier alpha value is -1.06. The number of hydrogen-bond donors (Lipinski definition) is 7. The van der Waals surface area contributed by atoms with Gasteiger partial charge in [0.2, 0.25) is 12.5 Å². The standard InChI is InChI=1S/C18H34N2O10S/c1-2-3-4-5-13(23)19-10(14(24)11(22)6-7-20(28)29)9-31-18-17(27)16(26)15(25)12(8-21)30-18/h10-12,14-18,21-22,24-27H,2-9H2,1H3,(H,19,23). The van der Waals surface area contributed by atoms with Crippen molar-refractivity contribution in [2.24, 2.45) is 0 Å². The molecule has 1 amide bonds. The van der Waals surface area contributed by atoms with Crippen LogP contribution in [0.3, 0.4) is 0 Å². The third kappa shape index (κ3) is 9.14. The Labute approximate surface area is 184 Å². The summed E-state index contributed by atoms with van der Waals surface area (Å²) in [5.74, 6) is -0.438. The van der Waals surface area contributed by atoms with E-state index in [1.54, 1.807) is 0 Å². The normalized spacial score (nSPS) is 29.2. The summed E-state index contributed by atoms with van der Waals surface area (Å²) in [7, 11) is 0. The van der Waals surface area contributed by atoms with Crippen LogP contribution in [0.4, 0.5) is 0 Å². The third-order valence-corrected chi connectivity index (χ3v) is 6.33. The number of carbonyl (C=O) groups excluding carboxylic acids is 1. The van der Waals surface area contributed by atoms with Crippen LogP contribution in [0.2, 0.25) is 0 Å². The van der Waals surface area contributed by atoms with E-state index in [4.69, 9.17) is 4.74 Å². The molecule has 0 radical (unpaired) electrons. The smallest absolute Gasteiger partial charge is 0.220 e. The average molecular weight is 471 g/mol. The van der Waals surface area contributed by atoms with E-state index in [-0.39, 0.29) is 24.5 Å². The van der Waals surface area contributed by atoms with Crippen molar-refractivity contribution in [1.29, 1.82) is 0 Å². The topological polar surface area (TPSA) is 203 Å². The van der Waals surface area contributed by atoms with Crippen molar-refractivity contribution < 1.29 is 45.1 Å². The summed E-state index contributed by atoms with van der Waals surface area (Å²) in [6.07, 6.45) is -6.41. The highest BCUT2D eigenvalue weighted by Gasteiger charge is 2.44. The molecule has 0 saturated carbocycles. The van der Waals surface area contributed by atoms with Crippen molar-refractivity contribution in [2.45, 2.75) is 87.1 Å². The largest absolute Gasteiger partial charge is 0.394 e. The molecule has 1 saturated heterocycles. The Morgan fingerprint density at radius 1 is 1.19 bits per heavy atom. The van der Waals surface area contributed by atoms with Crippen LogP contribution in [0.25, 0.3) is 0 Å². The molecule has 31 heavy (non-hydrogen) atoms. The number of aliphatic hydroxyl groups is 6. The van der Waals surface area contributed by atoms with Gasteiger partial charge in [0.05, 0.1) is 18.8 Å². The number of hydrogen-bond acceptors (Lipinski definition) is 11. The molecule has 0 bridgehead atoms. The zero-order valence-corrected chi connectivity index (χ0v) is 18.3. The lowest BCUT2D eigenvalue weighted by Gasteiger charge is -2.40. The van der Waals surface area contributed by atoms with E-state index >= 15 is 0 Å². The maximum absolute atomic E-state index is 12.2. The summed E-state index contributed by atoms with van der Waals surface area (Å²) in [5.41, 5.74) is -1.09. The van der Waals surface area contributed by atoms with Crippen molar-refractivity contribution in [2.75, 3.05) is 18.9 Å². The van der Waals surface area contributed by atoms with Gasteiger partial charge < -0.3 is 40.7 Å². The number of carbonyl (C=O) groups is 1. The first kappa shape index (κ1) is 28.0. The Balaban J connectivity index is 2.79. The van der Waals surface area contributed by atoms with Crippen LogP contribution in [0, 0.1) is 10.1 Å². The van der Waals surface area contributed by atoms with Gasteiger partial charge in [0.1, 0.15) is 36.0 Å². The third-order valence-electron chi connectivity index (χ3n) is 5.06. The van der Waals surface area contributed by atoms with E-state index < -0.39 is 66.2 Å². The second-order valence-corrected chi connectivity index (χ2v) is 8.70. The molecule has 0 aromatic rings. The fourth-order valence-electron chi connectivity index (χ4n) is 3.12. The van der Waals surface area contributed by atoms with E-state index in [0.717, 1.165) is 24.6 Å². The van der Waals surface area contributed by atoms with E-state index in [9.17, 15) is 45.5 Å². The van der Waals surface area contributed by atoms with Crippen molar-refractivity contribution >= 4 is 17.7 Å². The molecule has 0 aromatic heterocycles. The van der Waals surface area contributed by atoms with Crippen LogP contribution in [0.1, 0.15) is 39.0 Å². The molecule has 1 aliphatic heterocycles. The van der Waals surface area contributed by atoms with Crippen LogP contribution in [-0.2, 0) is 9.53 Å². The summed E-state index contributed by atoms with van der Waals surface area (Å²) in [6.45, 7) is 0.824. The van der Waals surface area contributed by atoms with Crippen molar-refractivity contribution in [3.8, 4) is 0 Å². The molecule has 1 fully saturated rings. The second-order valence-electron chi connectivity index (χ2n) is 7.56. The Kier molecular flexibility index (Phi) is 12.8. The zero-order chi connectivity index (χ0) is 23.6. The SMILES string of the molecule is CCCCCC(=O)NC(CSC1OC(CO)C(O)C(O)C1O)C(O)C(O)CC[N+](=O)[O-]. The minimum absolute atomic E-state index is 0.0705. The highest BCUT2D eigenvalue weighted by Crippen LogP contribution is 2.29. The van der Waals surface area contributed by atoms with Crippen LogP contribution in [0.15, 0.2) is 0 Å². The second kappa shape index (κ2) is 14.2. The molecule has 8 unspecified atom stereocenters. The van der Waals surface area contributed by atoms with Gasteiger partial charge in [-0.25, -0.2) is 0 Å².